The van der Waals surface area contributed by atoms with Crippen LogP contribution in [0.25, 0.3) is 0 Å². The van der Waals surface area contributed by atoms with Crippen molar-refractivity contribution in [3.05, 3.63) is 0 Å². The van der Waals surface area contributed by atoms with E-state index in [1.807, 2.05) is 0 Å². The van der Waals surface area contributed by atoms with Gasteiger partial charge in [-0.25, -0.2) is 4.79 Å². The molecular weight excluding hydrogens is 166 g/mol. The Kier molecular flexibility index (Phi) is 2.68. The normalized spacial score (nSPS) is 30.8. The SMILES string of the molecule is O=C1NCCC(C2CCNCC2)N1. The lowest BCUT2D eigenvalue weighted by molar-refractivity contribution is 0.207. The first-order valence-corrected chi connectivity index (χ1v) is 5.11. The third kappa shape index (κ3) is 2.12. The highest BCUT2D eigenvalue weighted by Crippen LogP contribution is 2.19. The van der Waals surface area contributed by atoms with Crippen molar-refractivity contribution in [3.8, 4) is 0 Å². The minimum Gasteiger partial charge on any atom is -0.338 e. The van der Waals surface area contributed by atoms with Crippen LogP contribution in [0.3, 0.4) is 0 Å². The van der Waals surface area contributed by atoms with E-state index < -0.39 is 0 Å². The first-order valence-electron chi connectivity index (χ1n) is 5.11. The average molecular weight is 183 g/mol. The van der Waals surface area contributed by atoms with Gasteiger partial charge in [0.15, 0.2) is 0 Å². The lowest BCUT2D eigenvalue weighted by Crippen LogP contribution is -2.53. The molecule has 0 aromatic rings. The van der Waals surface area contributed by atoms with E-state index in [-0.39, 0.29) is 6.03 Å². The van der Waals surface area contributed by atoms with E-state index in [1.165, 1.54) is 12.8 Å². The van der Waals surface area contributed by atoms with Gasteiger partial charge in [-0.2, -0.15) is 0 Å². The molecule has 2 rings (SSSR count). The van der Waals surface area contributed by atoms with Gasteiger partial charge < -0.3 is 16.0 Å². The molecule has 2 saturated heterocycles. The third-order valence-electron chi connectivity index (χ3n) is 3.01. The molecule has 4 nitrogen and oxygen atoms in total. The summed E-state index contributed by atoms with van der Waals surface area (Å²) in [6.45, 7) is 3.04. The monoisotopic (exact) mass is 183 g/mol. The van der Waals surface area contributed by atoms with Gasteiger partial charge >= 0.3 is 6.03 Å². The van der Waals surface area contributed by atoms with Crippen molar-refractivity contribution in [2.75, 3.05) is 19.6 Å². The number of urea groups is 1. The first-order chi connectivity index (χ1) is 6.36. The molecule has 2 fully saturated rings. The summed E-state index contributed by atoms with van der Waals surface area (Å²) in [6, 6.07) is 0.422. The molecule has 1 unspecified atom stereocenters. The zero-order valence-electron chi connectivity index (χ0n) is 7.81. The fraction of sp³-hybridized carbons (Fsp3) is 0.889. The minimum atomic E-state index is 0.00906. The van der Waals surface area contributed by atoms with Crippen molar-refractivity contribution < 1.29 is 4.79 Å². The maximum atomic E-state index is 11.1. The second-order valence-electron chi connectivity index (χ2n) is 3.88. The highest BCUT2D eigenvalue weighted by molar-refractivity contribution is 5.74. The van der Waals surface area contributed by atoms with Crippen LogP contribution in [-0.2, 0) is 0 Å². The molecule has 0 aliphatic carbocycles. The summed E-state index contributed by atoms with van der Waals surface area (Å²) >= 11 is 0. The maximum absolute atomic E-state index is 11.1. The molecule has 1 atom stereocenters. The van der Waals surface area contributed by atoms with Crippen LogP contribution in [0.5, 0.6) is 0 Å². The van der Waals surface area contributed by atoms with Gasteiger partial charge in [0.2, 0.25) is 0 Å². The molecule has 2 aliphatic rings. The van der Waals surface area contributed by atoms with E-state index in [1.54, 1.807) is 0 Å². The summed E-state index contributed by atoms with van der Waals surface area (Å²) < 4.78 is 0. The van der Waals surface area contributed by atoms with Crippen LogP contribution in [0.4, 0.5) is 4.79 Å². The zero-order valence-corrected chi connectivity index (χ0v) is 7.81. The molecule has 0 aromatic heterocycles. The average Bonchev–Trinajstić information content (AvgIpc) is 2.19. The van der Waals surface area contributed by atoms with Gasteiger partial charge in [-0.15, -0.1) is 0 Å². The number of nitrogens with one attached hydrogen (secondary N) is 3. The van der Waals surface area contributed by atoms with Gasteiger partial charge in [0.25, 0.3) is 0 Å². The minimum absolute atomic E-state index is 0.00906. The van der Waals surface area contributed by atoms with Crippen molar-refractivity contribution in [2.24, 2.45) is 5.92 Å². The van der Waals surface area contributed by atoms with Gasteiger partial charge in [-0.05, 0) is 38.3 Å². The largest absolute Gasteiger partial charge is 0.338 e. The van der Waals surface area contributed by atoms with Crippen molar-refractivity contribution >= 4 is 6.03 Å². The number of amides is 2. The Labute approximate surface area is 78.5 Å². The Hall–Kier alpha value is -0.770. The van der Waals surface area contributed by atoms with Crippen molar-refractivity contribution in [1.29, 1.82) is 0 Å². The van der Waals surface area contributed by atoms with Gasteiger partial charge in [0, 0.05) is 12.6 Å². The molecule has 0 saturated carbocycles. The highest BCUT2D eigenvalue weighted by atomic mass is 16.2. The Bertz CT molecular complexity index is 189. The number of rotatable bonds is 1. The summed E-state index contributed by atoms with van der Waals surface area (Å²) in [6.07, 6.45) is 3.48. The summed E-state index contributed by atoms with van der Waals surface area (Å²) in [4.78, 5) is 11.1. The molecule has 2 aliphatic heterocycles. The van der Waals surface area contributed by atoms with Crippen molar-refractivity contribution in [2.45, 2.75) is 25.3 Å². The number of carbonyl (C=O) groups excluding carboxylic acids is 1. The van der Waals surface area contributed by atoms with Gasteiger partial charge in [0.1, 0.15) is 0 Å². The summed E-state index contributed by atoms with van der Waals surface area (Å²) in [5, 5.41) is 9.13. The molecule has 4 heteroatoms. The molecule has 0 spiro atoms. The van der Waals surface area contributed by atoms with Crippen LogP contribution in [0, 0.1) is 5.92 Å². The molecular formula is C9H17N3O. The second-order valence-corrected chi connectivity index (χ2v) is 3.88. The highest BCUT2D eigenvalue weighted by Gasteiger charge is 2.26. The third-order valence-corrected chi connectivity index (χ3v) is 3.01. The topological polar surface area (TPSA) is 53.2 Å². The number of hydrogen-bond donors (Lipinski definition) is 3. The number of piperidine rings is 1. The predicted molar refractivity (Wildman–Crippen MR) is 50.5 cm³/mol. The fourth-order valence-electron chi connectivity index (χ4n) is 2.23. The smallest absolute Gasteiger partial charge is 0.315 e. The van der Waals surface area contributed by atoms with Crippen LogP contribution in [0.15, 0.2) is 0 Å². The first kappa shape index (κ1) is 8.81. The molecule has 0 radical (unpaired) electrons. The summed E-state index contributed by atoms with van der Waals surface area (Å²) in [5.41, 5.74) is 0. The lowest BCUT2D eigenvalue weighted by Gasteiger charge is -2.34. The van der Waals surface area contributed by atoms with E-state index in [4.69, 9.17) is 0 Å². The Balaban J connectivity index is 1.87. The van der Waals surface area contributed by atoms with E-state index in [2.05, 4.69) is 16.0 Å². The van der Waals surface area contributed by atoms with Crippen molar-refractivity contribution in [1.82, 2.24) is 16.0 Å². The fourth-order valence-corrected chi connectivity index (χ4v) is 2.23. The molecule has 2 heterocycles. The van der Waals surface area contributed by atoms with E-state index in [0.717, 1.165) is 26.1 Å². The maximum Gasteiger partial charge on any atom is 0.315 e. The molecule has 0 aromatic carbocycles. The number of carbonyl (C=O) groups is 1. The van der Waals surface area contributed by atoms with Gasteiger partial charge in [-0.3, -0.25) is 0 Å². The van der Waals surface area contributed by atoms with Crippen LogP contribution in [0.2, 0.25) is 0 Å². The Morgan fingerprint density at radius 3 is 2.54 bits per heavy atom. The van der Waals surface area contributed by atoms with Crippen LogP contribution in [0.1, 0.15) is 19.3 Å². The molecule has 74 valence electrons. The van der Waals surface area contributed by atoms with Crippen LogP contribution < -0.4 is 16.0 Å². The summed E-state index contributed by atoms with van der Waals surface area (Å²) in [7, 11) is 0. The zero-order chi connectivity index (χ0) is 9.10. The van der Waals surface area contributed by atoms with Gasteiger partial charge in [-0.1, -0.05) is 0 Å². The Morgan fingerprint density at radius 2 is 1.85 bits per heavy atom. The quantitative estimate of drug-likeness (QED) is 0.538. The molecule has 0 bridgehead atoms. The van der Waals surface area contributed by atoms with Crippen molar-refractivity contribution in [3.63, 3.8) is 0 Å². The number of hydrogen-bond acceptors (Lipinski definition) is 2. The molecule has 3 N–H and O–H groups in total. The Morgan fingerprint density at radius 1 is 1.08 bits per heavy atom. The molecule has 13 heavy (non-hydrogen) atoms. The van der Waals surface area contributed by atoms with E-state index >= 15 is 0 Å². The van der Waals surface area contributed by atoms with Crippen LogP contribution >= 0.6 is 0 Å². The van der Waals surface area contributed by atoms with Gasteiger partial charge in [0.05, 0.1) is 0 Å². The van der Waals surface area contributed by atoms with E-state index in [0.29, 0.717) is 12.0 Å². The van der Waals surface area contributed by atoms with Crippen LogP contribution in [-0.4, -0.2) is 31.7 Å². The lowest BCUT2D eigenvalue weighted by atomic mass is 9.88. The predicted octanol–water partition coefficient (Wildman–Crippen LogP) is 0.0575. The van der Waals surface area contributed by atoms with E-state index in [9.17, 15) is 4.79 Å². The summed E-state index contributed by atoms with van der Waals surface area (Å²) in [5.74, 6) is 0.687. The standard InChI is InChI=1S/C9H17N3O/c13-9-11-6-3-8(12-9)7-1-4-10-5-2-7/h7-8,10H,1-6H2,(H2,11,12,13). The second kappa shape index (κ2) is 3.96. The molecule has 2 amide bonds.